The fourth-order valence-corrected chi connectivity index (χ4v) is 1.48. The monoisotopic (exact) mass is 263 g/mol. The highest BCUT2D eigenvalue weighted by molar-refractivity contribution is 4.66. The van der Waals surface area contributed by atoms with E-state index in [-0.39, 0.29) is 24.3 Å². The van der Waals surface area contributed by atoms with Crippen LogP contribution in [-0.4, -0.2) is 49.1 Å². The summed E-state index contributed by atoms with van der Waals surface area (Å²) in [6, 6.07) is 0. The Balaban J connectivity index is 3.59. The molecule has 1 rings (SSSR count). The van der Waals surface area contributed by atoms with Gasteiger partial charge in [-0.05, 0) is 9.36 Å². The average molecular weight is 263 g/mol. The summed E-state index contributed by atoms with van der Waals surface area (Å²) in [6.07, 6.45) is 0. The van der Waals surface area contributed by atoms with E-state index in [2.05, 4.69) is 0 Å². The molecule has 0 radical (unpaired) electrons. The molecule has 0 aliphatic heterocycles. The normalized spacial score (nSPS) is 10.8. The van der Waals surface area contributed by atoms with Crippen molar-refractivity contribution in [3.63, 3.8) is 0 Å². The molecule has 3 N–H and O–H groups in total. The van der Waals surface area contributed by atoms with E-state index in [1.807, 2.05) is 0 Å². The number of rotatable bonds is 6. The SMILES string of the molecule is O=c1n(CCO)c(=O)n(CCO)[n+](=O)n1CCO. The molecule has 0 spiro atoms. The molecule has 0 aliphatic rings. The summed E-state index contributed by atoms with van der Waals surface area (Å²) in [4.78, 5) is 35.2. The van der Waals surface area contributed by atoms with Crippen LogP contribution in [0.4, 0.5) is 0 Å². The fourth-order valence-electron chi connectivity index (χ4n) is 1.48. The minimum absolute atomic E-state index is 0.00494. The van der Waals surface area contributed by atoms with Gasteiger partial charge in [0.05, 0.1) is 31.3 Å². The van der Waals surface area contributed by atoms with Gasteiger partial charge in [0.1, 0.15) is 13.1 Å². The van der Waals surface area contributed by atoms with Gasteiger partial charge in [-0.25, -0.2) is 14.2 Å². The van der Waals surface area contributed by atoms with Gasteiger partial charge in [0.2, 0.25) is 0 Å². The molecule has 1 aromatic rings. The predicted octanol–water partition coefficient (Wildman–Crippen LogP) is -4.30. The van der Waals surface area contributed by atoms with Gasteiger partial charge in [0, 0.05) is 0 Å². The molecule has 0 amide bonds. The van der Waals surface area contributed by atoms with E-state index < -0.39 is 31.2 Å². The van der Waals surface area contributed by atoms with Crippen molar-refractivity contribution in [3.8, 4) is 0 Å². The first-order chi connectivity index (χ1) is 8.58. The van der Waals surface area contributed by atoms with Crippen molar-refractivity contribution in [3.05, 3.63) is 25.9 Å². The molecule has 10 heteroatoms. The van der Waals surface area contributed by atoms with Gasteiger partial charge in [0.25, 0.3) is 4.66 Å². The highest BCUT2D eigenvalue weighted by Crippen LogP contribution is 1.75. The number of nitrogens with zero attached hydrogens (tertiary/aromatic N) is 4. The Morgan fingerprint density at radius 2 is 1.22 bits per heavy atom. The molecular weight excluding hydrogens is 248 g/mol. The molecule has 0 bridgehead atoms. The van der Waals surface area contributed by atoms with Crippen LogP contribution in [0.5, 0.6) is 0 Å². The lowest BCUT2D eigenvalue weighted by atomic mass is 10.6. The molecule has 102 valence electrons. The maximum atomic E-state index is 11.8. The summed E-state index contributed by atoms with van der Waals surface area (Å²) in [5.74, 6) is 0. The van der Waals surface area contributed by atoms with Crippen LogP contribution in [0.25, 0.3) is 0 Å². The van der Waals surface area contributed by atoms with Gasteiger partial charge in [-0.1, -0.05) is 0 Å². The number of aliphatic hydroxyl groups excluding tert-OH is 3. The van der Waals surface area contributed by atoms with E-state index in [4.69, 9.17) is 15.3 Å². The summed E-state index contributed by atoms with van der Waals surface area (Å²) in [5.41, 5.74) is -1.85. The number of aromatic nitrogens is 4. The van der Waals surface area contributed by atoms with Crippen molar-refractivity contribution < 1.29 is 20.0 Å². The summed E-state index contributed by atoms with van der Waals surface area (Å²) >= 11 is 0. The van der Waals surface area contributed by atoms with Gasteiger partial charge in [-0.3, -0.25) is 0 Å². The third-order valence-electron chi connectivity index (χ3n) is 2.26. The van der Waals surface area contributed by atoms with Crippen molar-refractivity contribution >= 4 is 0 Å². The second-order valence-electron chi connectivity index (χ2n) is 3.39. The Kier molecular flexibility index (Phi) is 4.95. The third kappa shape index (κ3) is 2.55. The smallest absolute Gasteiger partial charge is 0.387 e. The zero-order chi connectivity index (χ0) is 13.7. The minimum atomic E-state index is -0.924. The van der Waals surface area contributed by atoms with Crippen molar-refractivity contribution in [2.75, 3.05) is 19.8 Å². The maximum Gasteiger partial charge on any atom is 0.387 e. The van der Waals surface area contributed by atoms with Crippen LogP contribution in [0.1, 0.15) is 0 Å². The average Bonchev–Trinajstić information content (AvgIpc) is 2.35. The Labute approximate surface area is 100 Å². The van der Waals surface area contributed by atoms with Crippen LogP contribution < -0.4 is 16.0 Å². The van der Waals surface area contributed by atoms with E-state index in [0.717, 1.165) is 0 Å². The fraction of sp³-hybridized carbons (Fsp3) is 0.750. The molecule has 1 heterocycles. The molecule has 0 fully saturated rings. The van der Waals surface area contributed by atoms with Crippen LogP contribution in [-0.2, 0) is 19.6 Å². The quantitative estimate of drug-likeness (QED) is 0.445. The van der Waals surface area contributed by atoms with Crippen molar-refractivity contribution in [2.45, 2.75) is 19.6 Å². The maximum absolute atomic E-state index is 11.8. The topological polar surface area (TPSA) is 133 Å². The first kappa shape index (κ1) is 14.3. The number of hydrogen-bond acceptors (Lipinski definition) is 6. The van der Waals surface area contributed by atoms with Crippen LogP contribution in [0.2, 0.25) is 0 Å². The molecule has 0 saturated carbocycles. The Hall–Kier alpha value is -1.78. The molecular formula is C8H15N4O6+. The largest absolute Gasteiger partial charge is 0.395 e. The molecule has 0 unspecified atom stereocenters. The Bertz CT molecular complexity index is 459. The summed E-state index contributed by atoms with van der Waals surface area (Å²) in [6.45, 7) is -2.22. The lowest BCUT2D eigenvalue weighted by Crippen LogP contribution is -2.61. The summed E-state index contributed by atoms with van der Waals surface area (Å²) < 4.78 is 1.88. The first-order valence-electron chi connectivity index (χ1n) is 5.28. The third-order valence-corrected chi connectivity index (χ3v) is 2.26. The molecule has 0 aliphatic carbocycles. The van der Waals surface area contributed by atoms with Crippen molar-refractivity contribution in [2.24, 2.45) is 0 Å². The van der Waals surface area contributed by atoms with Gasteiger partial charge >= 0.3 is 11.4 Å². The van der Waals surface area contributed by atoms with E-state index in [1.165, 1.54) is 0 Å². The standard InChI is InChI=1S/C8H15N4O6/c13-4-1-9-7(16)10(2-5-14)12(18)11(3-6-15)8(9)17/h13-15H,1-6H2/q+1. The van der Waals surface area contributed by atoms with Crippen LogP contribution in [0.15, 0.2) is 9.59 Å². The highest BCUT2D eigenvalue weighted by atomic mass is 16.3. The molecule has 1 aromatic heterocycles. The van der Waals surface area contributed by atoms with Gasteiger partial charge in [-0.15, -0.1) is 0 Å². The zero-order valence-electron chi connectivity index (χ0n) is 9.60. The van der Waals surface area contributed by atoms with Crippen LogP contribution in [0.3, 0.4) is 0 Å². The lowest BCUT2D eigenvalue weighted by Gasteiger charge is -2.04. The molecule has 10 nitrogen and oxygen atoms in total. The molecule has 0 atom stereocenters. The highest BCUT2D eigenvalue weighted by Gasteiger charge is 2.21. The predicted molar refractivity (Wildman–Crippen MR) is 57.6 cm³/mol. The van der Waals surface area contributed by atoms with Crippen molar-refractivity contribution in [1.82, 2.24) is 13.9 Å². The lowest BCUT2D eigenvalue weighted by molar-refractivity contribution is -0.694. The zero-order valence-corrected chi connectivity index (χ0v) is 9.60. The second-order valence-corrected chi connectivity index (χ2v) is 3.39. The van der Waals surface area contributed by atoms with Gasteiger partial charge in [0.15, 0.2) is 0 Å². The number of hydrogen-bond donors (Lipinski definition) is 3. The Morgan fingerprint density at radius 3 is 1.56 bits per heavy atom. The van der Waals surface area contributed by atoms with E-state index in [9.17, 15) is 14.5 Å². The molecule has 0 aromatic carbocycles. The summed E-state index contributed by atoms with van der Waals surface area (Å²) in [5, 5.41) is 26.3. The number of aliphatic hydroxyl groups is 3. The van der Waals surface area contributed by atoms with E-state index >= 15 is 0 Å². The van der Waals surface area contributed by atoms with Crippen LogP contribution >= 0.6 is 0 Å². The van der Waals surface area contributed by atoms with Gasteiger partial charge in [-0.2, -0.15) is 0 Å². The van der Waals surface area contributed by atoms with Crippen LogP contribution in [0, 0.1) is 4.91 Å². The molecule has 18 heavy (non-hydrogen) atoms. The van der Waals surface area contributed by atoms with E-state index in [0.29, 0.717) is 13.9 Å². The molecule has 0 saturated heterocycles. The van der Waals surface area contributed by atoms with Crippen molar-refractivity contribution in [1.29, 1.82) is 0 Å². The minimum Gasteiger partial charge on any atom is -0.395 e. The van der Waals surface area contributed by atoms with Gasteiger partial charge < -0.3 is 15.3 Å². The summed E-state index contributed by atoms with van der Waals surface area (Å²) in [7, 11) is 0. The second kappa shape index (κ2) is 6.23. The Morgan fingerprint density at radius 1 is 0.833 bits per heavy atom. The van der Waals surface area contributed by atoms with E-state index in [1.54, 1.807) is 0 Å². The first-order valence-corrected chi connectivity index (χ1v) is 5.28.